The van der Waals surface area contributed by atoms with Crippen LogP contribution >= 0.6 is 11.6 Å². The largest absolute Gasteiger partial charge is 0.240 e. The van der Waals surface area contributed by atoms with Crippen molar-refractivity contribution in [2.24, 2.45) is 10.2 Å². The second kappa shape index (κ2) is 4.34. The van der Waals surface area contributed by atoms with Gasteiger partial charge in [-0.25, -0.2) is 9.37 Å². The Morgan fingerprint density at radius 2 is 1.80 bits per heavy atom. The molecule has 0 N–H and O–H groups in total. The van der Waals surface area contributed by atoms with Gasteiger partial charge in [-0.15, -0.1) is 5.73 Å². The first kappa shape index (κ1) is 10.9. The summed E-state index contributed by atoms with van der Waals surface area (Å²) < 4.78 is 13.1. The Morgan fingerprint density at radius 3 is 2.33 bits per heavy atom. The molecule has 0 amide bonds. The molecular weight excluding hydrogens is 227 g/mol. The Bertz CT molecular complexity index is 458. The monoisotopic (exact) mass is 226 g/mol. The number of nitrogens with zero attached hydrogens (tertiary/aromatic N) is 8. The van der Waals surface area contributed by atoms with Crippen molar-refractivity contribution in [1.82, 2.24) is 10.7 Å². The quantitative estimate of drug-likeness (QED) is 0.426. The summed E-state index contributed by atoms with van der Waals surface area (Å²) in [4.78, 5) is 7.93. The average molecular weight is 227 g/mol. The molecule has 1 heterocycles. The normalized spacial score (nSPS) is 8.93. The Kier molecular flexibility index (Phi) is 3.14. The van der Waals surface area contributed by atoms with E-state index in [-0.39, 0.29) is 0 Å². The van der Waals surface area contributed by atoms with Crippen LogP contribution in [0.5, 0.6) is 0 Å². The average Bonchev–Trinajstić information content (AvgIpc) is 2.22. The summed E-state index contributed by atoms with van der Waals surface area (Å²) in [6.45, 7) is 0. The topological polar surface area (TPSA) is 133 Å². The summed E-state index contributed by atoms with van der Waals surface area (Å²) in [5.74, 6) is -2.50. The van der Waals surface area contributed by atoms with E-state index in [9.17, 15) is 4.39 Å². The molecule has 0 saturated heterocycles. The highest BCUT2D eigenvalue weighted by molar-refractivity contribution is 6.35. The van der Waals surface area contributed by atoms with E-state index < -0.39 is 28.2 Å². The molecule has 0 aliphatic heterocycles. The second-order valence-corrected chi connectivity index (χ2v) is 2.49. The number of hydrogen-bond donors (Lipinski definition) is 0. The zero-order chi connectivity index (χ0) is 11.4. The van der Waals surface area contributed by atoms with Gasteiger partial charge in [0.25, 0.3) is 0 Å². The summed E-state index contributed by atoms with van der Waals surface area (Å²) in [6.07, 6.45) is 0. The molecule has 74 valence electrons. The van der Waals surface area contributed by atoms with Crippen molar-refractivity contribution < 1.29 is 4.39 Å². The van der Waals surface area contributed by atoms with Crippen LogP contribution in [0.1, 0.15) is 0 Å². The molecular formula is C5ClFN8. The number of rotatable bonds is 2. The molecule has 1 aromatic heterocycles. The zero-order valence-electron chi connectivity index (χ0n) is 6.83. The van der Waals surface area contributed by atoms with Gasteiger partial charge in [-0.3, -0.25) is 0 Å². The summed E-state index contributed by atoms with van der Waals surface area (Å²) in [5.41, 5.74) is 24.3. The summed E-state index contributed by atoms with van der Waals surface area (Å²) in [5, 5.41) is 5.27. The lowest BCUT2D eigenvalue weighted by Gasteiger charge is -2.01. The molecule has 8 nitrogen and oxygen atoms in total. The Balaban J connectivity index is 3.58. The van der Waals surface area contributed by atoms with Gasteiger partial charge in [-0.1, -0.05) is 11.6 Å². The lowest BCUT2D eigenvalue weighted by molar-refractivity contribution is 0.625. The van der Waals surface area contributed by atoms with Crippen LogP contribution in [0.3, 0.4) is 0 Å². The third-order valence-electron chi connectivity index (χ3n) is 1.30. The summed E-state index contributed by atoms with van der Waals surface area (Å²) in [6, 6.07) is 0. The molecule has 0 spiro atoms. The third kappa shape index (κ3) is 2.00. The van der Waals surface area contributed by atoms with Crippen molar-refractivity contribution in [3.8, 4) is 0 Å². The minimum Gasteiger partial charge on any atom is -0.240 e. The molecule has 15 heavy (non-hydrogen) atoms. The molecule has 0 aromatic carbocycles. The van der Waals surface area contributed by atoms with Crippen molar-refractivity contribution in [2.75, 3.05) is 0 Å². The van der Waals surface area contributed by atoms with Gasteiger partial charge in [0.2, 0.25) is 0 Å². The second-order valence-electron chi connectivity index (χ2n) is 2.11. The maximum Gasteiger partial charge on any atom is 0.180 e. The highest BCUT2D eigenvalue weighted by Crippen LogP contribution is 2.36. The number of halogens is 2. The van der Waals surface area contributed by atoms with Gasteiger partial charge in [-0.2, -0.15) is 0 Å². The first-order chi connectivity index (χ1) is 7.11. The van der Waals surface area contributed by atoms with Crippen LogP contribution in [-0.4, -0.2) is 4.98 Å². The van der Waals surface area contributed by atoms with E-state index in [1.165, 1.54) is 0 Å². The molecule has 0 bridgehead atoms. The van der Waals surface area contributed by atoms with Gasteiger partial charge in [0, 0.05) is 9.82 Å². The van der Waals surface area contributed by atoms with Crippen LogP contribution in [0.4, 0.5) is 21.7 Å². The fourth-order valence-electron chi connectivity index (χ4n) is 0.724. The van der Waals surface area contributed by atoms with Crippen molar-refractivity contribution in [2.45, 2.75) is 0 Å². The molecule has 10 heteroatoms. The number of aromatic nitrogens is 1. The van der Waals surface area contributed by atoms with Crippen molar-refractivity contribution >= 4 is 28.9 Å². The first-order valence-electron chi connectivity index (χ1n) is 3.30. The standard InChI is InChI=1S/C5ClFN8/c6-1-3(8)2(7)5(13-15-10)11-4(1)12-14-9. The molecule has 1 aromatic rings. The van der Waals surface area contributed by atoms with Gasteiger partial charge in [0.1, 0.15) is 11.5 Å². The van der Waals surface area contributed by atoms with Crippen LogP contribution < -0.4 is 5.73 Å². The molecule has 1 rings (SSSR count). The minimum atomic E-state index is -1.28. The van der Waals surface area contributed by atoms with Crippen molar-refractivity contribution in [1.29, 1.82) is 0 Å². The predicted octanol–water partition coefficient (Wildman–Crippen LogP) is 3.46. The number of azide groups is 2. The van der Waals surface area contributed by atoms with Gasteiger partial charge in [0.15, 0.2) is 11.6 Å². The molecule has 0 atom stereocenters. The summed E-state index contributed by atoms with van der Waals surface area (Å²) in [7, 11) is 0. The summed E-state index contributed by atoms with van der Waals surface area (Å²) >= 11 is 5.40. The van der Waals surface area contributed by atoms with Gasteiger partial charge in [0.05, 0.1) is 5.02 Å². The molecule has 0 unspecified atom stereocenters. The highest BCUT2D eigenvalue weighted by Gasteiger charge is 2.16. The third-order valence-corrected chi connectivity index (χ3v) is 1.65. The van der Waals surface area contributed by atoms with Crippen LogP contribution in [0, 0.1) is 5.82 Å². The van der Waals surface area contributed by atoms with E-state index >= 15 is 0 Å². The van der Waals surface area contributed by atoms with Gasteiger partial charge < -0.3 is 0 Å². The Labute approximate surface area is 86.7 Å². The number of hydrogen-bond acceptors (Lipinski definition) is 3. The fourth-order valence-corrected chi connectivity index (χ4v) is 0.887. The predicted molar refractivity (Wildman–Crippen MR) is 48.6 cm³/mol. The maximum absolute atomic E-state index is 13.1. The van der Waals surface area contributed by atoms with Gasteiger partial charge >= 0.3 is 0 Å². The van der Waals surface area contributed by atoms with E-state index in [1.807, 2.05) is 0 Å². The number of pyridine rings is 1. The van der Waals surface area contributed by atoms with E-state index in [2.05, 4.69) is 25.0 Å². The maximum atomic E-state index is 13.1. The first-order valence-corrected chi connectivity index (χ1v) is 3.67. The lowest BCUT2D eigenvalue weighted by Crippen LogP contribution is -1.87. The smallest absolute Gasteiger partial charge is 0.180 e. The van der Waals surface area contributed by atoms with E-state index in [0.29, 0.717) is 0 Å². The Hall–Kier alpha value is -2.21. The van der Waals surface area contributed by atoms with Gasteiger partial charge in [-0.05, 0) is 21.3 Å². The van der Waals surface area contributed by atoms with Crippen LogP contribution in [0.15, 0.2) is 10.2 Å². The van der Waals surface area contributed by atoms with Crippen LogP contribution in [0.2, 0.25) is 5.02 Å². The molecule has 0 saturated carbocycles. The van der Waals surface area contributed by atoms with Crippen LogP contribution in [0.25, 0.3) is 20.9 Å². The van der Waals surface area contributed by atoms with Crippen molar-refractivity contribution in [3.05, 3.63) is 31.7 Å². The lowest BCUT2D eigenvalue weighted by atomic mass is 10.3. The highest BCUT2D eigenvalue weighted by atomic mass is 35.5. The zero-order valence-corrected chi connectivity index (χ0v) is 7.59. The molecule has 0 aliphatic carbocycles. The van der Waals surface area contributed by atoms with E-state index in [1.54, 1.807) is 0 Å². The van der Waals surface area contributed by atoms with Crippen LogP contribution in [-0.2, 0) is 0 Å². The van der Waals surface area contributed by atoms with E-state index in [0.717, 1.165) is 0 Å². The fraction of sp³-hybridized carbons (Fsp3) is 0. The Morgan fingerprint density at radius 1 is 1.27 bits per heavy atom. The molecule has 2 radical (unpaired) electrons. The van der Waals surface area contributed by atoms with Crippen molar-refractivity contribution in [3.63, 3.8) is 0 Å². The minimum absolute atomic E-state index is 0.472. The molecule has 0 fully saturated rings. The SMILES string of the molecule is [N]c1c(F)c(N=[N+]=[N-])nc(N=[N+]=[N-])c1Cl. The molecule has 0 aliphatic rings. The van der Waals surface area contributed by atoms with E-state index in [4.69, 9.17) is 28.4 Å².